The fraction of sp³-hybridized carbons (Fsp3) is 0.0769. The van der Waals surface area contributed by atoms with E-state index >= 15 is 0 Å². The first-order valence-electron chi connectivity index (χ1n) is 4.93. The highest BCUT2D eigenvalue weighted by Crippen LogP contribution is 2.24. The highest BCUT2D eigenvalue weighted by atomic mass is 14.8. The van der Waals surface area contributed by atoms with E-state index in [4.69, 9.17) is 11.0 Å². The lowest BCUT2D eigenvalue weighted by Crippen LogP contribution is -1.92. The molecule has 1 aromatic heterocycles. The smallest absolute Gasteiger partial charge is 0.123 e. The fourth-order valence-electron chi connectivity index (χ4n) is 1.64. The molecule has 3 nitrogen and oxygen atoms in total. The lowest BCUT2D eigenvalue weighted by atomic mass is 10.0. The van der Waals surface area contributed by atoms with Gasteiger partial charge in [0.25, 0.3) is 0 Å². The summed E-state index contributed by atoms with van der Waals surface area (Å²) in [6.45, 7) is 1.98. The van der Waals surface area contributed by atoms with Gasteiger partial charge in [0.1, 0.15) is 5.82 Å². The Balaban J connectivity index is 2.55. The van der Waals surface area contributed by atoms with Gasteiger partial charge in [0.2, 0.25) is 0 Å². The van der Waals surface area contributed by atoms with Crippen LogP contribution in [0.5, 0.6) is 0 Å². The normalized spacial score (nSPS) is 9.75. The zero-order valence-corrected chi connectivity index (χ0v) is 8.94. The summed E-state index contributed by atoms with van der Waals surface area (Å²) in [6, 6.07) is 11.4. The standard InChI is InChI=1S/C13H11N3/c1-9-5-13(15)16-8-12(9)11-4-2-3-10(6-11)7-14/h2-6,8H,1H3,(H2,15,16). The Bertz CT molecular complexity index is 568. The lowest BCUT2D eigenvalue weighted by molar-refractivity contribution is 1.29. The molecular formula is C13H11N3. The minimum Gasteiger partial charge on any atom is -0.384 e. The molecule has 16 heavy (non-hydrogen) atoms. The second-order valence-electron chi connectivity index (χ2n) is 3.62. The van der Waals surface area contributed by atoms with Gasteiger partial charge in [-0.3, -0.25) is 0 Å². The maximum atomic E-state index is 8.84. The predicted octanol–water partition coefficient (Wildman–Crippen LogP) is 2.51. The molecule has 0 spiro atoms. The van der Waals surface area contributed by atoms with Crippen LogP contribution in [0, 0.1) is 18.3 Å². The number of nitrogens with zero attached hydrogens (tertiary/aromatic N) is 2. The van der Waals surface area contributed by atoms with Crippen LogP contribution in [0.25, 0.3) is 11.1 Å². The van der Waals surface area contributed by atoms with Crippen molar-refractivity contribution in [2.75, 3.05) is 5.73 Å². The highest BCUT2D eigenvalue weighted by molar-refractivity contribution is 5.68. The Morgan fingerprint density at radius 2 is 2.12 bits per heavy atom. The molecule has 0 fully saturated rings. The Labute approximate surface area is 94.2 Å². The molecule has 0 unspecified atom stereocenters. The maximum absolute atomic E-state index is 8.84. The topological polar surface area (TPSA) is 62.7 Å². The van der Waals surface area contributed by atoms with Gasteiger partial charge in [-0.15, -0.1) is 0 Å². The number of aromatic nitrogens is 1. The van der Waals surface area contributed by atoms with Crippen molar-refractivity contribution in [2.45, 2.75) is 6.92 Å². The van der Waals surface area contributed by atoms with E-state index < -0.39 is 0 Å². The molecule has 0 aliphatic rings. The second-order valence-corrected chi connectivity index (χ2v) is 3.62. The Morgan fingerprint density at radius 3 is 2.81 bits per heavy atom. The van der Waals surface area contributed by atoms with E-state index in [2.05, 4.69) is 11.1 Å². The number of hydrogen-bond acceptors (Lipinski definition) is 3. The summed E-state index contributed by atoms with van der Waals surface area (Å²) >= 11 is 0. The largest absolute Gasteiger partial charge is 0.384 e. The first kappa shape index (κ1) is 10.2. The van der Waals surface area contributed by atoms with E-state index in [1.165, 1.54) is 0 Å². The molecule has 0 atom stereocenters. The predicted molar refractivity (Wildman–Crippen MR) is 63.5 cm³/mol. The quantitative estimate of drug-likeness (QED) is 0.784. The number of pyridine rings is 1. The van der Waals surface area contributed by atoms with Gasteiger partial charge in [-0.2, -0.15) is 5.26 Å². The van der Waals surface area contributed by atoms with Crippen molar-refractivity contribution in [3.63, 3.8) is 0 Å². The average molecular weight is 209 g/mol. The van der Waals surface area contributed by atoms with E-state index in [1.807, 2.05) is 31.2 Å². The van der Waals surface area contributed by atoms with Gasteiger partial charge < -0.3 is 5.73 Å². The zero-order valence-electron chi connectivity index (χ0n) is 8.94. The van der Waals surface area contributed by atoms with Crippen LogP contribution >= 0.6 is 0 Å². The van der Waals surface area contributed by atoms with Gasteiger partial charge in [-0.05, 0) is 36.2 Å². The van der Waals surface area contributed by atoms with E-state index in [1.54, 1.807) is 12.3 Å². The molecule has 0 saturated heterocycles. The molecule has 1 heterocycles. The third kappa shape index (κ3) is 1.86. The molecule has 0 aliphatic heterocycles. The molecule has 2 rings (SSSR count). The lowest BCUT2D eigenvalue weighted by Gasteiger charge is -2.06. The molecule has 0 saturated carbocycles. The van der Waals surface area contributed by atoms with E-state index in [-0.39, 0.29) is 0 Å². The number of aryl methyl sites for hydroxylation is 1. The van der Waals surface area contributed by atoms with E-state index in [9.17, 15) is 0 Å². The van der Waals surface area contributed by atoms with Crippen LogP contribution in [0.1, 0.15) is 11.1 Å². The van der Waals surface area contributed by atoms with Gasteiger partial charge in [0.15, 0.2) is 0 Å². The van der Waals surface area contributed by atoms with Crippen LogP contribution in [0.4, 0.5) is 5.82 Å². The molecule has 0 bridgehead atoms. The van der Waals surface area contributed by atoms with E-state index in [0.717, 1.165) is 16.7 Å². The summed E-state index contributed by atoms with van der Waals surface area (Å²) in [5.41, 5.74) is 9.30. The first-order valence-corrected chi connectivity index (χ1v) is 4.93. The number of anilines is 1. The molecule has 2 aromatic rings. The van der Waals surface area contributed by atoms with Crippen molar-refractivity contribution in [1.82, 2.24) is 4.98 Å². The summed E-state index contributed by atoms with van der Waals surface area (Å²) in [5.74, 6) is 0.512. The van der Waals surface area contributed by atoms with Crippen LogP contribution in [0.2, 0.25) is 0 Å². The van der Waals surface area contributed by atoms with Crippen LogP contribution in [-0.2, 0) is 0 Å². The third-order valence-electron chi connectivity index (χ3n) is 2.43. The number of benzene rings is 1. The monoisotopic (exact) mass is 209 g/mol. The van der Waals surface area contributed by atoms with Gasteiger partial charge in [-0.25, -0.2) is 4.98 Å². The van der Waals surface area contributed by atoms with Gasteiger partial charge in [-0.1, -0.05) is 12.1 Å². The van der Waals surface area contributed by atoms with Gasteiger partial charge in [0.05, 0.1) is 11.6 Å². The molecule has 1 aromatic carbocycles. The van der Waals surface area contributed by atoms with Crippen molar-refractivity contribution in [1.29, 1.82) is 5.26 Å². The Morgan fingerprint density at radius 1 is 1.31 bits per heavy atom. The number of nitrogens with two attached hydrogens (primary N) is 1. The Kier molecular flexibility index (Phi) is 2.57. The minimum absolute atomic E-state index is 0.512. The van der Waals surface area contributed by atoms with Crippen molar-refractivity contribution >= 4 is 5.82 Å². The van der Waals surface area contributed by atoms with E-state index in [0.29, 0.717) is 11.4 Å². The molecule has 0 amide bonds. The summed E-state index contributed by atoms with van der Waals surface area (Å²) < 4.78 is 0. The first-order chi connectivity index (χ1) is 7.70. The summed E-state index contributed by atoms with van der Waals surface area (Å²) in [6.07, 6.45) is 1.74. The number of nitriles is 1. The number of rotatable bonds is 1. The number of nitrogen functional groups attached to an aromatic ring is 1. The van der Waals surface area contributed by atoms with Crippen molar-refractivity contribution < 1.29 is 0 Å². The van der Waals surface area contributed by atoms with Crippen molar-refractivity contribution in [2.24, 2.45) is 0 Å². The highest BCUT2D eigenvalue weighted by Gasteiger charge is 2.03. The fourth-order valence-corrected chi connectivity index (χ4v) is 1.64. The average Bonchev–Trinajstić information content (AvgIpc) is 2.29. The van der Waals surface area contributed by atoms with Crippen LogP contribution in [0.3, 0.4) is 0 Å². The summed E-state index contributed by atoms with van der Waals surface area (Å²) in [5, 5.41) is 8.84. The van der Waals surface area contributed by atoms with Crippen LogP contribution in [0.15, 0.2) is 36.5 Å². The summed E-state index contributed by atoms with van der Waals surface area (Å²) in [4.78, 5) is 4.07. The van der Waals surface area contributed by atoms with Crippen LogP contribution < -0.4 is 5.73 Å². The SMILES string of the molecule is Cc1cc(N)ncc1-c1cccc(C#N)c1. The van der Waals surface area contributed by atoms with Crippen molar-refractivity contribution in [3.8, 4) is 17.2 Å². The molecule has 0 radical (unpaired) electrons. The Hall–Kier alpha value is -2.34. The molecule has 0 aliphatic carbocycles. The molecule has 2 N–H and O–H groups in total. The molecule has 3 heteroatoms. The number of hydrogen-bond donors (Lipinski definition) is 1. The summed E-state index contributed by atoms with van der Waals surface area (Å²) in [7, 11) is 0. The molecular weight excluding hydrogens is 198 g/mol. The van der Waals surface area contributed by atoms with Gasteiger partial charge in [0, 0.05) is 11.8 Å². The van der Waals surface area contributed by atoms with Crippen molar-refractivity contribution in [3.05, 3.63) is 47.7 Å². The molecule has 78 valence electrons. The second kappa shape index (κ2) is 4.03. The minimum atomic E-state index is 0.512. The zero-order chi connectivity index (χ0) is 11.5. The van der Waals surface area contributed by atoms with Crippen LogP contribution in [-0.4, -0.2) is 4.98 Å². The third-order valence-corrected chi connectivity index (χ3v) is 2.43. The van der Waals surface area contributed by atoms with Gasteiger partial charge >= 0.3 is 0 Å². The maximum Gasteiger partial charge on any atom is 0.123 e.